The van der Waals surface area contributed by atoms with Gasteiger partial charge < -0.3 is 16.0 Å². The van der Waals surface area contributed by atoms with Gasteiger partial charge in [0, 0.05) is 25.3 Å². The summed E-state index contributed by atoms with van der Waals surface area (Å²) in [6, 6.07) is 9.39. The number of carbonyl (C=O) groups excluding carboxylic acids is 1. The molecule has 94 valence electrons. The zero-order chi connectivity index (χ0) is 12.5. The van der Waals surface area contributed by atoms with Gasteiger partial charge in [-0.15, -0.1) is 0 Å². The number of rotatable bonds is 6. The number of hydrogen-bond donors (Lipinski definition) is 2. The maximum atomic E-state index is 12.0. The number of carbonyl (C=O) groups is 1. The van der Waals surface area contributed by atoms with E-state index in [1.807, 2.05) is 30.3 Å². The molecule has 17 heavy (non-hydrogen) atoms. The number of nitrogens with zero attached hydrogens (tertiary/aromatic N) is 1. The van der Waals surface area contributed by atoms with Gasteiger partial charge in [-0.1, -0.05) is 31.5 Å². The van der Waals surface area contributed by atoms with Crippen molar-refractivity contribution >= 4 is 11.7 Å². The van der Waals surface area contributed by atoms with Crippen molar-refractivity contribution < 1.29 is 4.79 Å². The lowest BCUT2D eigenvalue weighted by atomic mass is 10.3. The van der Waals surface area contributed by atoms with Gasteiger partial charge in [0.15, 0.2) is 0 Å². The summed E-state index contributed by atoms with van der Waals surface area (Å²) < 4.78 is 0. The van der Waals surface area contributed by atoms with Gasteiger partial charge in [-0.05, 0) is 18.6 Å². The van der Waals surface area contributed by atoms with E-state index in [9.17, 15) is 4.79 Å². The maximum absolute atomic E-state index is 12.0. The highest BCUT2D eigenvalue weighted by Gasteiger charge is 2.11. The highest BCUT2D eigenvalue weighted by molar-refractivity contribution is 5.89. The van der Waals surface area contributed by atoms with Crippen molar-refractivity contribution in [3.63, 3.8) is 0 Å². The van der Waals surface area contributed by atoms with E-state index in [1.165, 1.54) is 0 Å². The van der Waals surface area contributed by atoms with Crippen molar-refractivity contribution in [1.82, 2.24) is 4.90 Å². The molecular formula is C13H21N3O. The van der Waals surface area contributed by atoms with E-state index >= 15 is 0 Å². The molecule has 0 atom stereocenters. The molecule has 4 heteroatoms. The van der Waals surface area contributed by atoms with Crippen molar-refractivity contribution in [3.05, 3.63) is 30.3 Å². The molecule has 0 unspecified atom stereocenters. The van der Waals surface area contributed by atoms with Crippen LogP contribution in [-0.2, 0) is 0 Å². The van der Waals surface area contributed by atoms with Crippen LogP contribution in [0.4, 0.5) is 10.5 Å². The van der Waals surface area contributed by atoms with Crippen LogP contribution in [0.25, 0.3) is 0 Å². The average molecular weight is 235 g/mol. The SMILES string of the molecule is CCCCN(CCN)C(=O)Nc1ccccc1. The molecule has 0 spiro atoms. The molecule has 0 aromatic heterocycles. The minimum Gasteiger partial charge on any atom is -0.329 e. The summed E-state index contributed by atoms with van der Waals surface area (Å²) in [6.45, 7) is 3.95. The van der Waals surface area contributed by atoms with E-state index in [2.05, 4.69) is 12.2 Å². The van der Waals surface area contributed by atoms with E-state index in [4.69, 9.17) is 5.73 Å². The van der Waals surface area contributed by atoms with Crippen LogP contribution in [0.15, 0.2) is 30.3 Å². The third-order valence-corrected chi connectivity index (χ3v) is 2.49. The van der Waals surface area contributed by atoms with Crippen LogP contribution in [0.1, 0.15) is 19.8 Å². The van der Waals surface area contributed by atoms with Gasteiger partial charge in [-0.25, -0.2) is 4.79 Å². The fourth-order valence-electron chi connectivity index (χ4n) is 1.54. The summed E-state index contributed by atoms with van der Waals surface area (Å²) in [5.74, 6) is 0. The predicted molar refractivity (Wildman–Crippen MR) is 71.0 cm³/mol. The Balaban J connectivity index is 2.52. The van der Waals surface area contributed by atoms with Crippen LogP contribution >= 0.6 is 0 Å². The predicted octanol–water partition coefficient (Wildman–Crippen LogP) is 2.28. The van der Waals surface area contributed by atoms with Crippen LogP contribution in [0.3, 0.4) is 0 Å². The zero-order valence-corrected chi connectivity index (χ0v) is 10.4. The summed E-state index contributed by atoms with van der Waals surface area (Å²) in [6.07, 6.45) is 2.07. The van der Waals surface area contributed by atoms with Crippen molar-refractivity contribution in [1.29, 1.82) is 0 Å². The van der Waals surface area contributed by atoms with Gasteiger partial charge in [-0.2, -0.15) is 0 Å². The van der Waals surface area contributed by atoms with E-state index in [0.717, 1.165) is 25.1 Å². The number of para-hydroxylation sites is 1. The largest absolute Gasteiger partial charge is 0.329 e. The average Bonchev–Trinajstić information content (AvgIpc) is 2.35. The fraction of sp³-hybridized carbons (Fsp3) is 0.462. The Hall–Kier alpha value is -1.55. The second-order valence-corrected chi connectivity index (χ2v) is 3.93. The molecule has 0 saturated carbocycles. The molecule has 0 aliphatic carbocycles. The molecule has 2 amide bonds. The molecule has 0 bridgehead atoms. The van der Waals surface area contributed by atoms with E-state index in [0.29, 0.717) is 13.1 Å². The van der Waals surface area contributed by atoms with Crippen molar-refractivity contribution in [3.8, 4) is 0 Å². The summed E-state index contributed by atoms with van der Waals surface area (Å²) in [7, 11) is 0. The van der Waals surface area contributed by atoms with E-state index in [-0.39, 0.29) is 6.03 Å². The minimum absolute atomic E-state index is 0.0740. The summed E-state index contributed by atoms with van der Waals surface area (Å²) in [4.78, 5) is 13.7. The first-order valence-corrected chi connectivity index (χ1v) is 6.09. The molecule has 4 nitrogen and oxygen atoms in total. The third kappa shape index (κ3) is 4.87. The molecular weight excluding hydrogens is 214 g/mol. The van der Waals surface area contributed by atoms with Gasteiger partial charge in [0.2, 0.25) is 0 Å². The zero-order valence-electron chi connectivity index (χ0n) is 10.4. The molecule has 1 aromatic carbocycles. The first kappa shape index (κ1) is 13.5. The number of amides is 2. The second-order valence-electron chi connectivity index (χ2n) is 3.93. The number of urea groups is 1. The first-order chi connectivity index (χ1) is 8.27. The summed E-state index contributed by atoms with van der Waals surface area (Å²) in [5, 5.41) is 2.87. The standard InChI is InChI=1S/C13H21N3O/c1-2-3-10-16(11-9-14)13(17)15-12-7-5-4-6-8-12/h4-8H,2-3,9-11,14H2,1H3,(H,15,17). The molecule has 0 heterocycles. The van der Waals surface area contributed by atoms with Crippen LogP contribution in [0, 0.1) is 0 Å². The Kier molecular flexibility index (Phi) is 6.10. The lowest BCUT2D eigenvalue weighted by Crippen LogP contribution is -2.39. The minimum atomic E-state index is -0.0740. The number of nitrogens with two attached hydrogens (primary N) is 1. The number of hydrogen-bond acceptors (Lipinski definition) is 2. The molecule has 0 aliphatic rings. The van der Waals surface area contributed by atoms with Crippen LogP contribution in [-0.4, -0.2) is 30.6 Å². The second kappa shape index (κ2) is 7.68. The van der Waals surface area contributed by atoms with Gasteiger partial charge in [0.25, 0.3) is 0 Å². The topological polar surface area (TPSA) is 58.4 Å². The quantitative estimate of drug-likeness (QED) is 0.794. The van der Waals surface area contributed by atoms with Crippen molar-refractivity contribution in [2.24, 2.45) is 5.73 Å². The van der Waals surface area contributed by atoms with E-state index < -0.39 is 0 Å². The highest BCUT2D eigenvalue weighted by Crippen LogP contribution is 2.07. The van der Waals surface area contributed by atoms with Crippen molar-refractivity contribution in [2.45, 2.75) is 19.8 Å². The monoisotopic (exact) mass is 235 g/mol. The van der Waals surface area contributed by atoms with Crippen LogP contribution < -0.4 is 11.1 Å². The molecule has 1 aromatic rings. The van der Waals surface area contributed by atoms with Crippen LogP contribution in [0.5, 0.6) is 0 Å². The normalized spacial score (nSPS) is 10.0. The highest BCUT2D eigenvalue weighted by atomic mass is 16.2. The molecule has 0 aliphatic heterocycles. The Bertz CT molecular complexity index is 327. The molecule has 3 N–H and O–H groups in total. The van der Waals surface area contributed by atoms with Crippen LogP contribution in [0.2, 0.25) is 0 Å². The first-order valence-electron chi connectivity index (χ1n) is 6.09. The molecule has 0 saturated heterocycles. The smallest absolute Gasteiger partial charge is 0.321 e. The summed E-state index contributed by atoms with van der Waals surface area (Å²) in [5.41, 5.74) is 6.33. The molecule has 0 fully saturated rings. The Morgan fingerprint density at radius 2 is 2.00 bits per heavy atom. The number of unbranched alkanes of at least 4 members (excludes halogenated alkanes) is 1. The Morgan fingerprint density at radius 1 is 1.29 bits per heavy atom. The van der Waals surface area contributed by atoms with Gasteiger partial charge in [0.05, 0.1) is 0 Å². The van der Waals surface area contributed by atoms with Gasteiger partial charge in [-0.3, -0.25) is 0 Å². The third-order valence-electron chi connectivity index (χ3n) is 2.49. The maximum Gasteiger partial charge on any atom is 0.321 e. The molecule has 0 radical (unpaired) electrons. The number of benzene rings is 1. The van der Waals surface area contributed by atoms with Gasteiger partial charge >= 0.3 is 6.03 Å². The fourth-order valence-corrected chi connectivity index (χ4v) is 1.54. The van der Waals surface area contributed by atoms with Gasteiger partial charge in [0.1, 0.15) is 0 Å². The Labute approximate surface area is 103 Å². The lowest BCUT2D eigenvalue weighted by molar-refractivity contribution is 0.212. The molecule has 1 rings (SSSR count). The van der Waals surface area contributed by atoms with Crippen molar-refractivity contribution in [2.75, 3.05) is 25.0 Å². The number of nitrogens with one attached hydrogen (secondary N) is 1. The Morgan fingerprint density at radius 3 is 2.59 bits per heavy atom. The van der Waals surface area contributed by atoms with E-state index in [1.54, 1.807) is 4.90 Å². The number of anilines is 1. The lowest BCUT2D eigenvalue weighted by Gasteiger charge is -2.22. The summed E-state index contributed by atoms with van der Waals surface area (Å²) >= 11 is 0.